The molecular formula is C22H23N3O5S2. The molecule has 0 radical (unpaired) electrons. The average Bonchev–Trinajstić information content (AvgIpc) is 2.74. The highest BCUT2D eigenvalue weighted by Gasteiger charge is 2.19. The summed E-state index contributed by atoms with van der Waals surface area (Å²) in [6.07, 6.45) is 0. The van der Waals surface area contributed by atoms with E-state index in [0.29, 0.717) is 5.69 Å². The molecule has 0 aliphatic rings. The predicted molar refractivity (Wildman–Crippen MR) is 122 cm³/mol. The molecule has 0 aliphatic carbocycles. The van der Waals surface area contributed by atoms with E-state index in [1.807, 2.05) is 17.8 Å². The molecule has 3 aromatic rings. The molecule has 8 nitrogen and oxygen atoms in total. The Morgan fingerprint density at radius 2 is 1.34 bits per heavy atom. The second kappa shape index (κ2) is 9.11. The first-order valence-corrected chi connectivity index (χ1v) is 12.5. The maximum absolute atomic E-state index is 12.8. The highest BCUT2D eigenvalue weighted by atomic mass is 32.2. The van der Waals surface area contributed by atoms with Gasteiger partial charge in [0.15, 0.2) is 0 Å². The fourth-order valence-corrected chi connectivity index (χ4v) is 5.08. The van der Waals surface area contributed by atoms with Crippen LogP contribution in [0.2, 0.25) is 0 Å². The minimum Gasteiger partial charge on any atom is -0.279 e. The molecule has 32 heavy (non-hydrogen) atoms. The lowest BCUT2D eigenvalue weighted by Gasteiger charge is -2.12. The Bertz CT molecular complexity index is 1380. The average molecular weight is 474 g/mol. The van der Waals surface area contributed by atoms with E-state index in [1.54, 1.807) is 38.1 Å². The number of carbonyl (C=O) groups excluding carboxylic acids is 1. The van der Waals surface area contributed by atoms with Gasteiger partial charge in [-0.1, -0.05) is 35.9 Å². The minimum atomic E-state index is -3.99. The first-order valence-electron chi connectivity index (χ1n) is 9.57. The van der Waals surface area contributed by atoms with Gasteiger partial charge in [0.1, 0.15) is 0 Å². The van der Waals surface area contributed by atoms with Gasteiger partial charge in [-0.3, -0.25) is 14.9 Å². The quantitative estimate of drug-likeness (QED) is 0.456. The highest BCUT2D eigenvalue weighted by molar-refractivity contribution is 7.92. The van der Waals surface area contributed by atoms with Gasteiger partial charge >= 0.3 is 0 Å². The normalized spacial score (nSPS) is 11.7. The molecule has 168 valence electrons. The van der Waals surface area contributed by atoms with Crippen molar-refractivity contribution < 1.29 is 21.6 Å². The van der Waals surface area contributed by atoms with Crippen molar-refractivity contribution in [2.24, 2.45) is 0 Å². The maximum Gasteiger partial charge on any atom is 0.266 e. The number of hydrazine groups is 1. The Labute approximate surface area is 187 Å². The monoisotopic (exact) mass is 473 g/mol. The van der Waals surface area contributed by atoms with Crippen LogP contribution in [0.1, 0.15) is 27.0 Å². The number of amides is 1. The molecule has 10 heteroatoms. The third-order valence-corrected chi connectivity index (χ3v) is 7.24. The van der Waals surface area contributed by atoms with E-state index in [-0.39, 0.29) is 15.4 Å². The summed E-state index contributed by atoms with van der Waals surface area (Å²) >= 11 is 0. The number of carbonyl (C=O) groups is 1. The lowest BCUT2D eigenvalue weighted by molar-refractivity contribution is 0.0945. The van der Waals surface area contributed by atoms with Crippen LogP contribution in [0.15, 0.2) is 76.5 Å². The van der Waals surface area contributed by atoms with E-state index in [2.05, 4.69) is 10.1 Å². The SMILES string of the molecule is Cc1cccc(S(=O)(=O)NNC(=O)c2cccc(S(=O)(=O)Nc3ccc(C)cc3C)c2)c1. The van der Waals surface area contributed by atoms with Gasteiger partial charge in [-0.2, -0.15) is 0 Å². The Kier molecular flexibility index (Phi) is 6.68. The molecule has 0 saturated heterocycles. The molecule has 3 rings (SSSR count). The number of benzene rings is 3. The largest absolute Gasteiger partial charge is 0.279 e. The summed E-state index contributed by atoms with van der Waals surface area (Å²) in [5.74, 6) is -0.801. The fourth-order valence-electron chi connectivity index (χ4n) is 2.96. The van der Waals surface area contributed by atoms with Gasteiger partial charge in [-0.15, -0.1) is 4.83 Å². The van der Waals surface area contributed by atoms with Crippen LogP contribution in [0.25, 0.3) is 0 Å². The van der Waals surface area contributed by atoms with Crippen molar-refractivity contribution in [3.63, 3.8) is 0 Å². The van der Waals surface area contributed by atoms with Crippen molar-refractivity contribution in [3.05, 3.63) is 89.0 Å². The van der Waals surface area contributed by atoms with Crippen LogP contribution in [0.4, 0.5) is 5.69 Å². The number of sulfonamides is 2. The molecule has 3 aromatic carbocycles. The number of hydrogen-bond donors (Lipinski definition) is 3. The third-order valence-electron chi connectivity index (χ3n) is 4.63. The van der Waals surface area contributed by atoms with E-state index in [9.17, 15) is 21.6 Å². The fraction of sp³-hybridized carbons (Fsp3) is 0.136. The van der Waals surface area contributed by atoms with Crippen LogP contribution in [-0.4, -0.2) is 22.7 Å². The Balaban J connectivity index is 1.77. The van der Waals surface area contributed by atoms with Crippen molar-refractivity contribution in [2.45, 2.75) is 30.6 Å². The van der Waals surface area contributed by atoms with Gasteiger partial charge in [-0.05, 0) is 68.3 Å². The first kappa shape index (κ1) is 23.5. The zero-order valence-electron chi connectivity index (χ0n) is 17.7. The second-order valence-corrected chi connectivity index (χ2v) is 10.7. The molecule has 0 unspecified atom stereocenters. The van der Waals surface area contributed by atoms with E-state index < -0.39 is 26.0 Å². The summed E-state index contributed by atoms with van der Waals surface area (Å²) in [6, 6.07) is 16.8. The highest BCUT2D eigenvalue weighted by Crippen LogP contribution is 2.21. The summed E-state index contributed by atoms with van der Waals surface area (Å²) in [5.41, 5.74) is 5.01. The zero-order chi connectivity index (χ0) is 23.5. The van der Waals surface area contributed by atoms with E-state index >= 15 is 0 Å². The maximum atomic E-state index is 12.8. The van der Waals surface area contributed by atoms with Gasteiger partial charge in [0.05, 0.1) is 15.5 Å². The molecule has 0 bridgehead atoms. The molecule has 0 atom stereocenters. The molecule has 0 aliphatic heterocycles. The summed E-state index contributed by atoms with van der Waals surface area (Å²) in [4.78, 5) is 14.3. The van der Waals surface area contributed by atoms with Crippen LogP contribution in [-0.2, 0) is 20.0 Å². The van der Waals surface area contributed by atoms with Crippen molar-refractivity contribution in [2.75, 3.05) is 4.72 Å². The lowest BCUT2D eigenvalue weighted by atomic mass is 10.1. The van der Waals surface area contributed by atoms with Gasteiger partial charge in [-0.25, -0.2) is 16.8 Å². The minimum absolute atomic E-state index is 0.00760. The predicted octanol–water partition coefficient (Wildman–Crippen LogP) is 3.04. The summed E-state index contributed by atoms with van der Waals surface area (Å²) in [5, 5.41) is 0. The Hall–Kier alpha value is -3.21. The van der Waals surface area contributed by atoms with E-state index in [0.717, 1.165) is 16.7 Å². The van der Waals surface area contributed by atoms with Crippen LogP contribution < -0.4 is 15.0 Å². The molecule has 0 heterocycles. The zero-order valence-corrected chi connectivity index (χ0v) is 19.3. The van der Waals surface area contributed by atoms with E-state index in [1.165, 1.54) is 36.4 Å². The number of rotatable bonds is 7. The Morgan fingerprint density at radius 3 is 2.00 bits per heavy atom. The van der Waals surface area contributed by atoms with Crippen molar-refractivity contribution in [3.8, 4) is 0 Å². The van der Waals surface area contributed by atoms with Crippen LogP contribution >= 0.6 is 0 Å². The molecule has 0 fully saturated rings. The molecule has 1 amide bonds. The van der Waals surface area contributed by atoms with Gasteiger partial charge in [0.25, 0.3) is 26.0 Å². The van der Waals surface area contributed by atoms with E-state index in [4.69, 9.17) is 0 Å². The molecule has 0 aromatic heterocycles. The number of hydrogen-bond acceptors (Lipinski definition) is 5. The van der Waals surface area contributed by atoms with Gasteiger partial charge in [0, 0.05) is 5.56 Å². The van der Waals surface area contributed by atoms with Crippen molar-refractivity contribution >= 4 is 31.6 Å². The van der Waals surface area contributed by atoms with Crippen LogP contribution in [0.5, 0.6) is 0 Å². The topological polar surface area (TPSA) is 121 Å². The lowest BCUT2D eigenvalue weighted by Crippen LogP contribution is -2.41. The van der Waals surface area contributed by atoms with Crippen LogP contribution in [0, 0.1) is 20.8 Å². The first-order chi connectivity index (χ1) is 15.0. The van der Waals surface area contributed by atoms with Gasteiger partial charge in [0.2, 0.25) is 0 Å². The molecule has 0 saturated carbocycles. The molecule has 3 N–H and O–H groups in total. The summed E-state index contributed by atoms with van der Waals surface area (Å²) in [6.45, 7) is 5.44. The summed E-state index contributed by atoms with van der Waals surface area (Å²) < 4.78 is 52.8. The van der Waals surface area contributed by atoms with Crippen molar-refractivity contribution in [1.82, 2.24) is 10.3 Å². The Morgan fingerprint density at radius 1 is 0.719 bits per heavy atom. The summed E-state index contributed by atoms with van der Waals surface area (Å²) in [7, 11) is -7.95. The van der Waals surface area contributed by atoms with Gasteiger partial charge < -0.3 is 0 Å². The third kappa shape index (κ3) is 5.52. The number of anilines is 1. The van der Waals surface area contributed by atoms with Crippen LogP contribution in [0.3, 0.4) is 0 Å². The molecular weight excluding hydrogens is 450 g/mol. The molecule has 0 spiro atoms. The number of aryl methyl sites for hydroxylation is 3. The number of nitrogens with one attached hydrogen (secondary N) is 3. The van der Waals surface area contributed by atoms with Crippen molar-refractivity contribution in [1.29, 1.82) is 0 Å². The standard InChI is InChI=1S/C22H23N3O5S2/c1-15-6-4-8-19(13-15)32(29,30)25-23-22(26)18-7-5-9-20(14-18)31(27,28)24-21-11-10-16(2)12-17(21)3/h4-14,24-25H,1-3H3,(H,23,26). The second-order valence-electron chi connectivity index (χ2n) is 7.33. The smallest absolute Gasteiger partial charge is 0.266 e.